The van der Waals surface area contributed by atoms with Gasteiger partial charge in [0.1, 0.15) is 5.25 Å². The van der Waals surface area contributed by atoms with Gasteiger partial charge >= 0.3 is 0 Å². The molecule has 1 heterocycles. The van der Waals surface area contributed by atoms with Crippen molar-refractivity contribution in [2.45, 2.75) is 56.1 Å². The van der Waals surface area contributed by atoms with E-state index in [1.807, 2.05) is 30.3 Å². The van der Waals surface area contributed by atoms with Gasteiger partial charge in [-0.05, 0) is 48.9 Å². The molecule has 0 saturated heterocycles. The molecule has 0 bridgehead atoms. The quantitative estimate of drug-likeness (QED) is 0.374. The van der Waals surface area contributed by atoms with Gasteiger partial charge in [-0.1, -0.05) is 67.5 Å². The SMILES string of the molecule is CC(C)CCn1c(SC(C(=O)NC2CC2)c2ccccc2)nc2cc(Cl)ccc2c1=O. The number of carbonyl (C=O) groups is 1. The van der Waals surface area contributed by atoms with Crippen molar-refractivity contribution in [1.82, 2.24) is 14.9 Å². The van der Waals surface area contributed by atoms with Crippen LogP contribution in [0.5, 0.6) is 0 Å². The van der Waals surface area contributed by atoms with Gasteiger partial charge in [-0.3, -0.25) is 14.2 Å². The summed E-state index contributed by atoms with van der Waals surface area (Å²) < 4.78 is 1.71. The van der Waals surface area contributed by atoms with Gasteiger partial charge in [-0.2, -0.15) is 0 Å². The second kappa shape index (κ2) is 9.45. The topological polar surface area (TPSA) is 64.0 Å². The standard InChI is InChI=1S/C24H26ClN3O2S/c1-15(2)12-13-28-23(30)19-11-8-17(25)14-20(19)27-24(28)31-21(16-6-4-3-5-7-16)22(29)26-18-9-10-18/h3-8,11,14-15,18,21H,9-10,12-13H2,1-2H3,(H,26,29). The molecule has 1 saturated carbocycles. The number of halogens is 1. The smallest absolute Gasteiger partial charge is 0.262 e. The molecule has 7 heteroatoms. The Kier molecular flexibility index (Phi) is 6.68. The Morgan fingerprint density at radius 1 is 1.23 bits per heavy atom. The summed E-state index contributed by atoms with van der Waals surface area (Å²) in [6, 6.07) is 15.1. The van der Waals surface area contributed by atoms with Crippen LogP contribution in [0, 0.1) is 5.92 Å². The fourth-order valence-electron chi connectivity index (χ4n) is 3.36. The minimum absolute atomic E-state index is 0.0467. The molecule has 0 aliphatic heterocycles. The van der Waals surface area contributed by atoms with Gasteiger partial charge in [-0.15, -0.1) is 0 Å². The minimum atomic E-state index is -0.490. The molecule has 1 aliphatic carbocycles. The zero-order valence-electron chi connectivity index (χ0n) is 17.7. The highest BCUT2D eigenvalue weighted by atomic mass is 35.5. The van der Waals surface area contributed by atoms with Gasteiger partial charge in [-0.25, -0.2) is 4.98 Å². The third-order valence-electron chi connectivity index (χ3n) is 5.30. The molecule has 1 aromatic heterocycles. The van der Waals surface area contributed by atoms with E-state index in [1.54, 1.807) is 22.8 Å². The first-order valence-electron chi connectivity index (χ1n) is 10.6. The van der Waals surface area contributed by atoms with Crippen molar-refractivity contribution in [3.8, 4) is 0 Å². The molecule has 5 nitrogen and oxygen atoms in total. The van der Waals surface area contributed by atoms with E-state index in [-0.39, 0.29) is 17.5 Å². The fourth-order valence-corrected chi connectivity index (χ4v) is 4.66. The van der Waals surface area contributed by atoms with Crippen molar-refractivity contribution >= 4 is 40.2 Å². The van der Waals surface area contributed by atoms with Crippen LogP contribution in [0.25, 0.3) is 10.9 Å². The normalized spacial score (nSPS) is 14.7. The average molecular weight is 456 g/mol. The third kappa shape index (κ3) is 5.31. The summed E-state index contributed by atoms with van der Waals surface area (Å²) >= 11 is 7.49. The third-order valence-corrected chi connectivity index (χ3v) is 6.78. The van der Waals surface area contributed by atoms with Crippen molar-refractivity contribution in [2.75, 3.05) is 0 Å². The minimum Gasteiger partial charge on any atom is -0.352 e. The van der Waals surface area contributed by atoms with E-state index in [4.69, 9.17) is 16.6 Å². The van der Waals surface area contributed by atoms with E-state index in [0.29, 0.717) is 33.5 Å². The number of fused-ring (bicyclic) bond motifs is 1. The van der Waals surface area contributed by atoms with Crippen molar-refractivity contribution in [2.24, 2.45) is 5.92 Å². The first-order chi connectivity index (χ1) is 14.9. The highest BCUT2D eigenvalue weighted by Crippen LogP contribution is 2.36. The van der Waals surface area contributed by atoms with Gasteiger partial charge in [0.2, 0.25) is 5.91 Å². The van der Waals surface area contributed by atoms with E-state index >= 15 is 0 Å². The monoisotopic (exact) mass is 455 g/mol. The largest absolute Gasteiger partial charge is 0.352 e. The van der Waals surface area contributed by atoms with Crippen LogP contribution >= 0.6 is 23.4 Å². The molecule has 162 valence electrons. The summed E-state index contributed by atoms with van der Waals surface area (Å²) in [5, 5.41) is 4.23. The fraction of sp³-hybridized carbons (Fsp3) is 0.375. The maximum Gasteiger partial charge on any atom is 0.262 e. The van der Waals surface area contributed by atoms with Crippen LogP contribution < -0.4 is 10.9 Å². The molecule has 1 N–H and O–H groups in total. The molecular formula is C24H26ClN3O2S. The number of benzene rings is 2. The number of carbonyl (C=O) groups excluding carboxylic acids is 1. The molecule has 1 amide bonds. The molecule has 4 rings (SSSR count). The van der Waals surface area contributed by atoms with Crippen molar-refractivity contribution in [3.05, 3.63) is 69.5 Å². The Morgan fingerprint density at radius 2 is 1.97 bits per heavy atom. The van der Waals surface area contributed by atoms with Crippen molar-refractivity contribution < 1.29 is 4.79 Å². The zero-order valence-corrected chi connectivity index (χ0v) is 19.2. The number of rotatable bonds is 8. The molecule has 2 aromatic carbocycles. The van der Waals surface area contributed by atoms with Crippen LogP contribution in [0.1, 0.15) is 43.9 Å². The molecule has 31 heavy (non-hydrogen) atoms. The lowest BCUT2D eigenvalue weighted by Crippen LogP contribution is -2.31. The maximum absolute atomic E-state index is 13.3. The molecule has 0 spiro atoms. The summed E-state index contributed by atoms with van der Waals surface area (Å²) in [5.74, 6) is 0.392. The first kappa shape index (κ1) is 21.9. The summed E-state index contributed by atoms with van der Waals surface area (Å²) in [6.45, 7) is 4.81. The molecular weight excluding hydrogens is 430 g/mol. The molecule has 1 fully saturated rings. The van der Waals surface area contributed by atoms with Gasteiger partial charge in [0.25, 0.3) is 5.56 Å². The van der Waals surface area contributed by atoms with Crippen LogP contribution in [0.15, 0.2) is 58.5 Å². The second-order valence-electron chi connectivity index (χ2n) is 8.39. The number of nitrogens with zero attached hydrogens (tertiary/aromatic N) is 2. The van der Waals surface area contributed by atoms with Crippen LogP contribution in [-0.2, 0) is 11.3 Å². The summed E-state index contributed by atoms with van der Waals surface area (Å²) in [6.07, 6.45) is 2.88. The van der Waals surface area contributed by atoms with Crippen LogP contribution in [0.3, 0.4) is 0 Å². The van der Waals surface area contributed by atoms with E-state index in [0.717, 1.165) is 24.8 Å². The lowest BCUT2D eigenvalue weighted by molar-refractivity contribution is -0.120. The number of nitrogens with one attached hydrogen (secondary N) is 1. The molecule has 1 atom stereocenters. The van der Waals surface area contributed by atoms with Crippen molar-refractivity contribution in [3.63, 3.8) is 0 Å². The maximum atomic E-state index is 13.3. The predicted octanol–water partition coefficient (Wildman–Crippen LogP) is 5.21. The molecule has 1 aliphatic rings. The Morgan fingerprint density at radius 3 is 2.65 bits per heavy atom. The van der Waals surface area contributed by atoms with Crippen LogP contribution in [-0.4, -0.2) is 21.5 Å². The predicted molar refractivity (Wildman–Crippen MR) is 127 cm³/mol. The van der Waals surface area contributed by atoms with Crippen molar-refractivity contribution in [1.29, 1.82) is 0 Å². The first-order valence-corrected chi connectivity index (χ1v) is 11.9. The lowest BCUT2D eigenvalue weighted by atomic mass is 10.1. The Labute approximate surface area is 191 Å². The Bertz CT molecular complexity index is 1140. The van der Waals surface area contributed by atoms with Gasteiger partial charge < -0.3 is 5.32 Å². The number of hydrogen-bond donors (Lipinski definition) is 1. The summed E-state index contributed by atoms with van der Waals surface area (Å²) in [5.41, 5.74) is 1.34. The summed E-state index contributed by atoms with van der Waals surface area (Å²) in [4.78, 5) is 31.2. The van der Waals surface area contributed by atoms with Crippen LogP contribution in [0.4, 0.5) is 0 Å². The Balaban J connectivity index is 1.78. The average Bonchev–Trinajstić information content (AvgIpc) is 3.55. The highest BCUT2D eigenvalue weighted by Gasteiger charge is 2.30. The van der Waals surface area contributed by atoms with Crippen LogP contribution in [0.2, 0.25) is 5.02 Å². The van der Waals surface area contributed by atoms with E-state index in [1.165, 1.54) is 11.8 Å². The number of aromatic nitrogens is 2. The Hall–Kier alpha value is -2.31. The number of amides is 1. The molecule has 1 unspecified atom stereocenters. The van der Waals surface area contributed by atoms with E-state index < -0.39 is 5.25 Å². The van der Waals surface area contributed by atoms with E-state index in [2.05, 4.69) is 19.2 Å². The summed E-state index contributed by atoms with van der Waals surface area (Å²) in [7, 11) is 0. The van der Waals surface area contributed by atoms with Gasteiger partial charge in [0.05, 0.1) is 10.9 Å². The van der Waals surface area contributed by atoms with Gasteiger partial charge in [0.15, 0.2) is 5.16 Å². The second-order valence-corrected chi connectivity index (χ2v) is 9.90. The zero-order chi connectivity index (χ0) is 22.0. The molecule has 0 radical (unpaired) electrons. The number of thioether (sulfide) groups is 1. The highest BCUT2D eigenvalue weighted by molar-refractivity contribution is 8.00. The van der Waals surface area contributed by atoms with Gasteiger partial charge in [0, 0.05) is 17.6 Å². The lowest BCUT2D eigenvalue weighted by Gasteiger charge is -2.20. The molecule has 3 aromatic rings. The van der Waals surface area contributed by atoms with E-state index in [9.17, 15) is 9.59 Å². The number of hydrogen-bond acceptors (Lipinski definition) is 4.